The summed E-state index contributed by atoms with van der Waals surface area (Å²) < 4.78 is 16.4. The zero-order valence-corrected chi connectivity index (χ0v) is 16.9. The Bertz CT molecular complexity index is 1100. The maximum atomic E-state index is 12.5. The first-order valence-corrected chi connectivity index (χ1v) is 9.95. The summed E-state index contributed by atoms with van der Waals surface area (Å²) in [6.45, 7) is 1.79. The van der Waals surface area contributed by atoms with Crippen molar-refractivity contribution in [1.29, 1.82) is 0 Å². The van der Waals surface area contributed by atoms with Crippen molar-refractivity contribution in [2.24, 2.45) is 0 Å². The first-order chi connectivity index (χ1) is 14.7. The SMILES string of the molecule is COc1ccc(CN2C(=O)O[C@@H]3CN(c4ccc5ccccc5n4)C[C@@H]32)cc1OC. The standard InChI is InChI=1S/C23H23N3O4/c1-28-19-9-7-15(11-20(19)29-2)12-26-18-13-25(14-21(18)30-23(26)27)22-10-8-16-5-3-4-6-17(16)24-22/h3-11,18,21H,12-14H2,1-2H3/t18-,21+/m0/s1. The summed E-state index contributed by atoms with van der Waals surface area (Å²) in [6, 6.07) is 17.9. The van der Waals surface area contributed by atoms with E-state index in [0.29, 0.717) is 31.1 Å². The fraction of sp³-hybridized carbons (Fsp3) is 0.304. The van der Waals surface area contributed by atoms with E-state index in [-0.39, 0.29) is 18.2 Å². The van der Waals surface area contributed by atoms with Crippen molar-refractivity contribution in [3.8, 4) is 11.5 Å². The maximum absolute atomic E-state index is 12.5. The number of para-hydroxylation sites is 1. The van der Waals surface area contributed by atoms with Crippen molar-refractivity contribution in [2.75, 3.05) is 32.2 Å². The smallest absolute Gasteiger partial charge is 0.410 e. The molecule has 3 aromatic rings. The number of amides is 1. The van der Waals surface area contributed by atoms with Crippen LogP contribution in [0.3, 0.4) is 0 Å². The second kappa shape index (κ2) is 7.40. The second-order valence-electron chi connectivity index (χ2n) is 7.57. The second-order valence-corrected chi connectivity index (χ2v) is 7.57. The summed E-state index contributed by atoms with van der Waals surface area (Å²) >= 11 is 0. The van der Waals surface area contributed by atoms with Gasteiger partial charge in [-0.3, -0.25) is 4.90 Å². The van der Waals surface area contributed by atoms with Crippen LogP contribution in [0.15, 0.2) is 54.6 Å². The Morgan fingerprint density at radius 1 is 1.03 bits per heavy atom. The molecule has 0 radical (unpaired) electrons. The molecule has 2 atom stereocenters. The molecule has 154 valence electrons. The number of aromatic nitrogens is 1. The number of carbonyl (C=O) groups excluding carboxylic acids is 1. The van der Waals surface area contributed by atoms with E-state index < -0.39 is 0 Å². The lowest BCUT2D eigenvalue weighted by atomic mass is 10.1. The lowest BCUT2D eigenvalue weighted by Gasteiger charge is -2.23. The fourth-order valence-electron chi connectivity index (χ4n) is 4.28. The van der Waals surface area contributed by atoms with Gasteiger partial charge in [-0.1, -0.05) is 24.3 Å². The van der Waals surface area contributed by atoms with Crippen LogP contribution >= 0.6 is 0 Å². The first-order valence-electron chi connectivity index (χ1n) is 9.95. The number of methoxy groups -OCH3 is 2. The predicted molar refractivity (Wildman–Crippen MR) is 113 cm³/mol. The Morgan fingerprint density at radius 3 is 2.70 bits per heavy atom. The van der Waals surface area contributed by atoms with Crippen LogP contribution in [-0.4, -0.2) is 55.4 Å². The van der Waals surface area contributed by atoms with E-state index >= 15 is 0 Å². The van der Waals surface area contributed by atoms with Crippen molar-refractivity contribution < 1.29 is 19.0 Å². The maximum Gasteiger partial charge on any atom is 0.410 e. The van der Waals surface area contributed by atoms with E-state index in [4.69, 9.17) is 19.2 Å². The van der Waals surface area contributed by atoms with Gasteiger partial charge in [-0.2, -0.15) is 0 Å². The highest BCUT2D eigenvalue weighted by atomic mass is 16.6. The third-order valence-electron chi connectivity index (χ3n) is 5.83. The third kappa shape index (κ3) is 3.16. The summed E-state index contributed by atoms with van der Waals surface area (Å²) in [6.07, 6.45) is -0.434. The van der Waals surface area contributed by atoms with E-state index in [0.717, 1.165) is 22.3 Å². The largest absolute Gasteiger partial charge is 0.493 e. The minimum atomic E-state index is -0.272. The van der Waals surface area contributed by atoms with Gasteiger partial charge in [0.05, 0.1) is 32.3 Å². The number of hydrogen-bond acceptors (Lipinski definition) is 6. The Hall–Kier alpha value is -3.48. The molecular formula is C23H23N3O4. The summed E-state index contributed by atoms with van der Waals surface area (Å²) in [7, 11) is 3.21. The van der Waals surface area contributed by atoms with Crippen molar-refractivity contribution >= 4 is 22.8 Å². The molecule has 2 fully saturated rings. The molecular weight excluding hydrogens is 382 g/mol. The summed E-state index contributed by atoms with van der Waals surface area (Å²) in [5.74, 6) is 2.22. The topological polar surface area (TPSA) is 64.1 Å². The molecule has 2 aromatic carbocycles. The molecule has 0 aliphatic carbocycles. The molecule has 30 heavy (non-hydrogen) atoms. The van der Waals surface area contributed by atoms with Crippen LogP contribution in [0.25, 0.3) is 10.9 Å². The quantitative estimate of drug-likeness (QED) is 0.648. The third-order valence-corrected chi connectivity index (χ3v) is 5.83. The average molecular weight is 405 g/mol. The van der Waals surface area contributed by atoms with Gasteiger partial charge < -0.3 is 19.1 Å². The molecule has 7 nitrogen and oxygen atoms in total. The van der Waals surface area contributed by atoms with E-state index in [9.17, 15) is 4.79 Å². The van der Waals surface area contributed by atoms with Gasteiger partial charge in [0.1, 0.15) is 11.9 Å². The number of fused-ring (bicyclic) bond motifs is 2. The van der Waals surface area contributed by atoms with E-state index in [1.165, 1.54) is 0 Å². The Morgan fingerprint density at radius 2 is 1.87 bits per heavy atom. The molecule has 5 rings (SSSR count). The van der Waals surface area contributed by atoms with Crippen LogP contribution < -0.4 is 14.4 Å². The molecule has 2 aliphatic rings. The highest BCUT2D eigenvalue weighted by Gasteiger charge is 2.48. The van der Waals surface area contributed by atoms with Gasteiger partial charge in [0.2, 0.25) is 0 Å². The van der Waals surface area contributed by atoms with Crippen molar-refractivity contribution in [1.82, 2.24) is 9.88 Å². The molecule has 0 saturated carbocycles. The van der Waals surface area contributed by atoms with Crippen molar-refractivity contribution in [3.63, 3.8) is 0 Å². The van der Waals surface area contributed by atoms with Crippen LogP contribution in [-0.2, 0) is 11.3 Å². The molecule has 2 saturated heterocycles. The van der Waals surface area contributed by atoms with Crippen LogP contribution in [0.5, 0.6) is 11.5 Å². The predicted octanol–water partition coefficient (Wildman–Crippen LogP) is 3.46. The van der Waals surface area contributed by atoms with Crippen LogP contribution in [0.1, 0.15) is 5.56 Å². The molecule has 1 amide bonds. The Balaban J connectivity index is 1.35. The molecule has 1 aromatic heterocycles. The van der Waals surface area contributed by atoms with Crippen LogP contribution in [0.2, 0.25) is 0 Å². The van der Waals surface area contributed by atoms with Gasteiger partial charge in [0.15, 0.2) is 11.5 Å². The van der Waals surface area contributed by atoms with Crippen molar-refractivity contribution in [3.05, 3.63) is 60.2 Å². The lowest BCUT2D eigenvalue weighted by Crippen LogP contribution is -2.37. The lowest BCUT2D eigenvalue weighted by molar-refractivity contribution is 0.135. The summed E-state index contributed by atoms with van der Waals surface area (Å²) in [5.41, 5.74) is 1.93. The zero-order chi connectivity index (χ0) is 20.7. The van der Waals surface area contributed by atoms with Crippen LogP contribution in [0.4, 0.5) is 10.6 Å². The number of benzene rings is 2. The van der Waals surface area contributed by atoms with Gasteiger partial charge >= 0.3 is 6.09 Å². The minimum Gasteiger partial charge on any atom is -0.493 e. The molecule has 7 heteroatoms. The molecule has 2 aliphatic heterocycles. The molecule has 0 spiro atoms. The average Bonchev–Trinajstić information content (AvgIpc) is 3.31. The molecule has 0 unspecified atom stereocenters. The number of hydrogen-bond donors (Lipinski definition) is 0. The fourth-order valence-corrected chi connectivity index (χ4v) is 4.28. The number of rotatable bonds is 5. The number of anilines is 1. The minimum absolute atomic E-state index is 0.0149. The number of ether oxygens (including phenoxy) is 3. The summed E-state index contributed by atoms with van der Waals surface area (Å²) in [4.78, 5) is 21.3. The molecule has 0 N–H and O–H groups in total. The summed E-state index contributed by atoms with van der Waals surface area (Å²) in [5, 5.41) is 1.11. The number of carbonyl (C=O) groups is 1. The van der Waals surface area contributed by atoms with E-state index in [2.05, 4.69) is 17.0 Å². The monoisotopic (exact) mass is 405 g/mol. The highest BCUT2D eigenvalue weighted by Crippen LogP contribution is 2.33. The van der Waals surface area contributed by atoms with Gasteiger partial charge in [0.25, 0.3) is 0 Å². The van der Waals surface area contributed by atoms with Gasteiger partial charge in [-0.25, -0.2) is 9.78 Å². The van der Waals surface area contributed by atoms with Gasteiger partial charge in [-0.05, 0) is 35.9 Å². The number of pyridine rings is 1. The Labute approximate surface area is 174 Å². The molecule has 3 heterocycles. The first kappa shape index (κ1) is 18.5. The highest BCUT2D eigenvalue weighted by molar-refractivity contribution is 5.80. The van der Waals surface area contributed by atoms with E-state index in [1.54, 1.807) is 19.1 Å². The molecule has 0 bridgehead atoms. The van der Waals surface area contributed by atoms with Crippen LogP contribution in [0, 0.1) is 0 Å². The normalized spacial score (nSPS) is 20.4. The van der Waals surface area contributed by atoms with Gasteiger partial charge in [0, 0.05) is 18.5 Å². The Kier molecular flexibility index (Phi) is 4.58. The number of nitrogens with zero attached hydrogens (tertiary/aromatic N) is 3. The van der Waals surface area contributed by atoms with Crippen molar-refractivity contribution in [2.45, 2.75) is 18.7 Å². The van der Waals surface area contributed by atoms with E-state index in [1.807, 2.05) is 42.5 Å². The zero-order valence-electron chi connectivity index (χ0n) is 16.9. The van der Waals surface area contributed by atoms with Gasteiger partial charge in [-0.15, -0.1) is 0 Å².